The van der Waals surface area contributed by atoms with Crippen LogP contribution >= 0.6 is 11.3 Å². The summed E-state index contributed by atoms with van der Waals surface area (Å²) < 4.78 is 0. The van der Waals surface area contributed by atoms with E-state index in [4.69, 9.17) is 0 Å². The summed E-state index contributed by atoms with van der Waals surface area (Å²) in [5.41, 5.74) is 2.51. The molecule has 3 rings (SSSR count). The van der Waals surface area contributed by atoms with Gasteiger partial charge in [-0.15, -0.1) is 11.3 Å². The number of anilines is 1. The van der Waals surface area contributed by atoms with E-state index in [-0.39, 0.29) is 0 Å². The molecule has 1 atom stereocenters. The zero-order valence-electron chi connectivity index (χ0n) is 11.3. The fraction of sp³-hybridized carbons (Fsp3) is 0.429. The Labute approximate surface area is 117 Å². The predicted molar refractivity (Wildman–Crippen MR) is 78.4 cm³/mol. The molecule has 4 nitrogen and oxygen atoms in total. The molecule has 1 aliphatic heterocycles. The highest BCUT2D eigenvalue weighted by atomic mass is 32.1. The van der Waals surface area contributed by atoms with Crippen molar-refractivity contribution in [2.45, 2.75) is 25.9 Å². The second kappa shape index (κ2) is 5.27. The van der Waals surface area contributed by atoms with Gasteiger partial charge in [-0.3, -0.25) is 9.88 Å². The third kappa shape index (κ3) is 2.48. The summed E-state index contributed by atoms with van der Waals surface area (Å²) >= 11 is 1.88. The number of hydrogen-bond acceptors (Lipinski definition) is 5. The SMILES string of the molecule is CNc1cnc(CN2CCc3sccc3C2C)cn1. The van der Waals surface area contributed by atoms with E-state index in [0.29, 0.717) is 6.04 Å². The van der Waals surface area contributed by atoms with Crippen molar-refractivity contribution in [2.24, 2.45) is 0 Å². The first-order chi connectivity index (χ1) is 9.28. The molecule has 0 amide bonds. The lowest BCUT2D eigenvalue weighted by Crippen LogP contribution is -2.32. The molecule has 0 saturated heterocycles. The second-order valence-corrected chi connectivity index (χ2v) is 5.84. The monoisotopic (exact) mass is 274 g/mol. The minimum Gasteiger partial charge on any atom is -0.372 e. The Hall–Kier alpha value is -1.46. The molecule has 0 fully saturated rings. The Morgan fingerprint density at radius 3 is 3.05 bits per heavy atom. The molecule has 0 aromatic carbocycles. The van der Waals surface area contributed by atoms with Gasteiger partial charge in [-0.05, 0) is 30.4 Å². The quantitative estimate of drug-likeness (QED) is 0.934. The number of thiophene rings is 1. The summed E-state index contributed by atoms with van der Waals surface area (Å²) in [4.78, 5) is 12.8. The lowest BCUT2D eigenvalue weighted by Gasteiger charge is -2.33. The maximum Gasteiger partial charge on any atom is 0.144 e. The van der Waals surface area contributed by atoms with Gasteiger partial charge in [0, 0.05) is 31.1 Å². The van der Waals surface area contributed by atoms with Gasteiger partial charge in [0.15, 0.2) is 0 Å². The van der Waals surface area contributed by atoms with E-state index in [9.17, 15) is 0 Å². The van der Waals surface area contributed by atoms with Gasteiger partial charge in [-0.1, -0.05) is 0 Å². The molecule has 1 aliphatic rings. The van der Waals surface area contributed by atoms with E-state index in [1.54, 1.807) is 11.1 Å². The highest BCUT2D eigenvalue weighted by molar-refractivity contribution is 7.10. The van der Waals surface area contributed by atoms with Crippen molar-refractivity contribution in [2.75, 3.05) is 18.9 Å². The molecule has 0 saturated carbocycles. The van der Waals surface area contributed by atoms with Gasteiger partial charge in [0.05, 0.1) is 18.1 Å². The van der Waals surface area contributed by atoms with E-state index in [1.807, 2.05) is 24.6 Å². The molecule has 0 radical (unpaired) electrons. The minimum atomic E-state index is 0.473. The summed E-state index contributed by atoms with van der Waals surface area (Å²) in [5, 5.41) is 5.19. The van der Waals surface area contributed by atoms with Gasteiger partial charge in [0.1, 0.15) is 5.82 Å². The zero-order valence-corrected chi connectivity index (χ0v) is 12.1. The van der Waals surface area contributed by atoms with Crippen LogP contribution < -0.4 is 5.32 Å². The lowest BCUT2D eigenvalue weighted by atomic mass is 10.0. The number of rotatable bonds is 3. The molecule has 0 bridgehead atoms. The molecule has 3 heterocycles. The molecule has 100 valence electrons. The summed E-state index contributed by atoms with van der Waals surface area (Å²) in [7, 11) is 1.86. The van der Waals surface area contributed by atoms with Crippen molar-refractivity contribution >= 4 is 17.2 Å². The van der Waals surface area contributed by atoms with Gasteiger partial charge in [0.2, 0.25) is 0 Å². The van der Waals surface area contributed by atoms with Crippen molar-refractivity contribution < 1.29 is 0 Å². The first-order valence-corrected chi connectivity index (χ1v) is 7.45. The van der Waals surface area contributed by atoms with Crippen molar-refractivity contribution in [3.63, 3.8) is 0 Å². The highest BCUT2D eigenvalue weighted by Gasteiger charge is 2.24. The van der Waals surface area contributed by atoms with Crippen molar-refractivity contribution in [1.82, 2.24) is 14.9 Å². The van der Waals surface area contributed by atoms with Crippen LogP contribution in [0.25, 0.3) is 0 Å². The van der Waals surface area contributed by atoms with Crippen molar-refractivity contribution in [3.8, 4) is 0 Å². The molecule has 19 heavy (non-hydrogen) atoms. The van der Waals surface area contributed by atoms with E-state index in [2.05, 4.69) is 38.6 Å². The van der Waals surface area contributed by atoms with Crippen LogP contribution in [0.15, 0.2) is 23.8 Å². The van der Waals surface area contributed by atoms with Crippen molar-refractivity contribution in [3.05, 3.63) is 40.0 Å². The van der Waals surface area contributed by atoms with Crippen LogP contribution in [0, 0.1) is 0 Å². The first kappa shape index (κ1) is 12.6. The molecular formula is C14H18N4S. The maximum absolute atomic E-state index is 4.46. The van der Waals surface area contributed by atoms with Crippen LogP contribution in [0.3, 0.4) is 0 Å². The Kier molecular flexibility index (Phi) is 3.48. The number of nitrogens with zero attached hydrogens (tertiary/aromatic N) is 3. The summed E-state index contributed by atoms with van der Waals surface area (Å²) in [6.45, 7) is 4.25. The van der Waals surface area contributed by atoms with Gasteiger partial charge in [0.25, 0.3) is 0 Å². The number of fused-ring (bicyclic) bond motifs is 1. The molecule has 2 aromatic heterocycles. The molecule has 1 unspecified atom stereocenters. The minimum absolute atomic E-state index is 0.473. The third-order valence-electron chi connectivity index (χ3n) is 3.73. The average molecular weight is 274 g/mol. The molecule has 0 spiro atoms. The van der Waals surface area contributed by atoms with Gasteiger partial charge in [-0.2, -0.15) is 0 Å². The van der Waals surface area contributed by atoms with Gasteiger partial charge in [-0.25, -0.2) is 4.98 Å². The normalized spacial score (nSPS) is 19.2. The Bertz CT molecular complexity index is 549. The van der Waals surface area contributed by atoms with E-state index in [0.717, 1.165) is 31.0 Å². The number of nitrogens with one attached hydrogen (secondary N) is 1. The van der Waals surface area contributed by atoms with Crippen LogP contribution in [-0.4, -0.2) is 28.5 Å². The fourth-order valence-electron chi connectivity index (χ4n) is 2.55. The molecular weight excluding hydrogens is 256 g/mol. The van der Waals surface area contributed by atoms with Gasteiger partial charge < -0.3 is 5.32 Å². The third-order valence-corrected chi connectivity index (χ3v) is 4.73. The Morgan fingerprint density at radius 2 is 2.32 bits per heavy atom. The second-order valence-electron chi connectivity index (χ2n) is 4.84. The average Bonchev–Trinajstić information content (AvgIpc) is 2.92. The predicted octanol–water partition coefficient (Wildman–Crippen LogP) is 2.70. The van der Waals surface area contributed by atoms with E-state index >= 15 is 0 Å². The van der Waals surface area contributed by atoms with Gasteiger partial charge >= 0.3 is 0 Å². The highest BCUT2D eigenvalue weighted by Crippen LogP contribution is 2.33. The van der Waals surface area contributed by atoms with E-state index in [1.165, 1.54) is 5.56 Å². The Balaban J connectivity index is 1.73. The molecule has 1 N–H and O–H groups in total. The zero-order chi connectivity index (χ0) is 13.2. The van der Waals surface area contributed by atoms with Crippen LogP contribution in [-0.2, 0) is 13.0 Å². The number of aromatic nitrogens is 2. The molecule has 0 aliphatic carbocycles. The Morgan fingerprint density at radius 1 is 1.42 bits per heavy atom. The van der Waals surface area contributed by atoms with Crippen LogP contribution in [0.5, 0.6) is 0 Å². The number of hydrogen-bond donors (Lipinski definition) is 1. The molecule has 2 aromatic rings. The van der Waals surface area contributed by atoms with Crippen LogP contribution in [0.4, 0.5) is 5.82 Å². The van der Waals surface area contributed by atoms with Crippen LogP contribution in [0.2, 0.25) is 0 Å². The lowest BCUT2D eigenvalue weighted by molar-refractivity contribution is 0.189. The van der Waals surface area contributed by atoms with E-state index < -0.39 is 0 Å². The maximum atomic E-state index is 4.46. The molecule has 5 heteroatoms. The standard InChI is InChI=1S/C14H18N4S/c1-10-12-4-6-19-13(12)3-5-18(10)9-11-7-17-14(15-2)8-16-11/h4,6-8,10H,3,5,9H2,1-2H3,(H,15,17). The topological polar surface area (TPSA) is 41.1 Å². The summed E-state index contributed by atoms with van der Waals surface area (Å²) in [5.74, 6) is 0.815. The summed E-state index contributed by atoms with van der Waals surface area (Å²) in [6.07, 6.45) is 4.81. The largest absolute Gasteiger partial charge is 0.372 e. The summed E-state index contributed by atoms with van der Waals surface area (Å²) in [6, 6.07) is 2.73. The smallest absolute Gasteiger partial charge is 0.144 e. The fourth-order valence-corrected chi connectivity index (χ4v) is 3.51. The van der Waals surface area contributed by atoms with Crippen molar-refractivity contribution in [1.29, 1.82) is 0 Å². The van der Waals surface area contributed by atoms with Crippen LogP contribution in [0.1, 0.15) is 29.1 Å². The first-order valence-electron chi connectivity index (χ1n) is 6.57.